The van der Waals surface area contributed by atoms with Crippen LogP contribution in [0.25, 0.3) is 0 Å². The van der Waals surface area contributed by atoms with Crippen molar-refractivity contribution in [2.45, 2.75) is 69.9 Å². The van der Waals surface area contributed by atoms with Crippen LogP contribution in [-0.4, -0.2) is 23.9 Å². The maximum atomic E-state index is 12.3. The van der Waals surface area contributed by atoms with Gasteiger partial charge in [-0.1, -0.05) is 25.0 Å². The van der Waals surface area contributed by atoms with E-state index in [9.17, 15) is 4.79 Å². The molecule has 1 saturated heterocycles. The second kappa shape index (κ2) is 9.42. The number of benzene rings is 1. The molecule has 1 aromatic carbocycles. The Morgan fingerprint density at radius 3 is 2.57 bits per heavy atom. The monoisotopic (exact) mass is 381 g/mol. The molecular weight excluding hydrogens is 350 g/mol. The highest BCUT2D eigenvalue weighted by Crippen LogP contribution is 2.34. The summed E-state index contributed by atoms with van der Waals surface area (Å²) in [5, 5.41) is 0. The Bertz CT molecular complexity index is 799. The second-order valence-electron chi connectivity index (χ2n) is 8.16. The molecule has 1 saturated carbocycles. The summed E-state index contributed by atoms with van der Waals surface area (Å²) in [6.07, 6.45) is 11.4. The summed E-state index contributed by atoms with van der Waals surface area (Å²) in [5.41, 5.74) is 2.59. The molecule has 2 heterocycles. The summed E-state index contributed by atoms with van der Waals surface area (Å²) < 4.78 is 13.3. The molecule has 0 radical (unpaired) electrons. The fourth-order valence-corrected chi connectivity index (χ4v) is 4.45. The molecule has 1 aromatic heterocycles. The van der Waals surface area contributed by atoms with Crippen molar-refractivity contribution in [3.63, 3.8) is 0 Å². The highest BCUT2D eigenvalue weighted by Gasteiger charge is 2.17. The lowest BCUT2D eigenvalue weighted by atomic mass is 9.98. The SMILES string of the molecule is O=c1cc(CC2CCCO2)ccn1CCCOc1ccc(C2CCCC2)cc1. The Morgan fingerprint density at radius 2 is 1.86 bits per heavy atom. The summed E-state index contributed by atoms with van der Waals surface area (Å²) >= 11 is 0. The van der Waals surface area contributed by atoms with Crippen molar-refractivity contribution in [1.82, 2.24) is 4.57 Å². The predicted octanol–water partition coefficient (Wildman–Crippen LogP) is 4.70. The zero-order valence-corrected chi connectivity index (χ0v) is 16.6. The van der Waals surface area contributed by atoms with Gasteiger partial charge in [0.05, 0.1) is 12.7 Å². The predicted molar refractivity (Wildman–Crippen MR) is 111 cm³/mol. The third-order valence-electron chi connectivity index (χ3n) is 6.07. The molecule has 150 valence electrons. The number of aryl methyl sites for hydroxylation is 1. The van der Waals surface area contributed by atoms with Gasteiger partial charge in [0.1, 0.15) is 5.75 Å². The van der Waals surface area contributed by atoms with Gasteiger partial charge in [-0.25, -0.2) is 0 Å². The van der Waals surface area contributed by atoms with Gasteiger partial charge in [0.15, 0.2) is 0 Å². The average Bonchev–Trinajstić information content (AvgIpc) is 3.41. The molecule has 1 aliphatic heterocycles. The fourth-order valence-electron chi connectivity index (χ4n) is 4.45. The minimum Gasteiger partial charge on any atom is -0.494 e. The van der Waals surface area contributed by atoms with Crippen molar-refractivity contribution in [2.75, 3.05) is 13.2 Å². The van der Waals surface area contributed by atoms with E-state index in [0.717, 1.165) is 49.5 Å². The van der Waals surface area contributed by atoms with E-state index >= 15 is 0 Å². The van der Waals surface area contributed by atoms with Crippen LogP contribution in [0.1, 0.15) is 62.0 Å². The molecule has 1 unspecified atom stereocenters. The third-order valence-corrected chi connectivity index (χ3v) is 6.07. The van der Waals surface area contributed by atoms with Crippen LogP contribution in [0.2, 0.25) is 0 Å². The van der Waals surface area contributed by atoms with E-state index in [0.29, 0.717) is 13.2 Å². The van der Waals surface area contributed by atoms with Gasteiger partial charge in [-0.3, -0.25) is 4.79 Å². The van der Waals surface area contributed by atoms with Gasteiger partial charge in [-0.15, -0.1) is 0 Å². The minimum absolute atomic E-state index is 0.0661. The topological polar surface area (TPSA) is 40.5 Å². The number of hydrogen-bond acceptors (Lipinski definition) is 3. The van der Waals surface area contributed by atoms with E-state index in [4.69, 9.17) is 9.47 Å². The Morgan fingerprint density at radius 1 is 1.04 bits per heavy atom. The Labute approximate surface area is 167 Å². The first-order chi connectivity index (χ1) is 13.8. The van der Waals surface area contributed by atoms with Crippen molar-refractivity contribution < 1.29 is 9.47 Å². The highest BCUT2D eigenvalue weighted by atomic mass is 16.5. The van der Waals surface area contributed by atoms with E-state index < -0.39 is 0 Å². The van der Waals surface area contributed by atoms with Gasteiger partial charge >= 0.3 is 0 Å². The van der Waals surface area contributed by atoms with Gasteiger partial charge in [-0.05, 0) is 73.8 Å². The number of hydrogen-bond donors (Lipinski definition) is 0. The van der Waals surface area contributed by atoms with Crippen LogP contribution in [-0.2, 0) is 17.7 Å². The van der Waals surface area contributed by atoms with Gasteiger partial charge in [0.2, 0.25) is 0 Å². The number of nitrogens with zero attached hydrogens (tertiary/aromatic N) is 1. The van der Waals surface area contributed by atoms with E-state index in [-0.39, 0.29) is 11.7 Å². The number of rotatable bonds is 8. The van der Waals surface area contributed by atoms with Crippen LogP contribution >= 0.6 is 0 Å². The number of aromatic nitrogens is 1. The lowest BCUT2D eigenvalue weighted by Gasteiger charge is -2.12. The molecule has 2 aliphatic rings. The zero-order chi connectivity index (χ0) is 19.2. The molecule has 4 heteroatoms. The Balaban J connectivity index is 1.22. The molecule has 0 amide bonds. The summed E-state index contributed by atoms with van der Waals surface area (Å²) in [7, 11) is 0. The molecule has 28 heavy (non-hydrogen) atoms. The molecule has 2 aromatic rings. The molecule has 0 spiro atoms. The summed E-state index contributed by atoms with van der Waals surface area (Å²) in [4.78, 5) is 12.3. The van der Waals surface area contributed by atoms with Gasteiger partial charge in [0.25, 0.3) is 5.56 Å². The van der Waals surface area contributed by atoms with Crippen LogP contribution in [0.5, 0.6) is 5.75 Å². The molecule has 0 N–H and O–H groups in total. The lowest BCUT2D eigenvalue weighted by molar-refractivity contribution is 0.111. The van der Waals surface area contributed by atoms with Crippen LogP contribution in [0.4, 0.5) is 0 Å². The second-order valence-corrected chi connectivity index (χ2v) is 8.16. The molecule has 1 atom stereocenters. The van der Waals surface area contributed by atoms with Gasteiger partial charge < -0.3 is 14.0 Å². The van der Waals surface area contributed by atoms with Crippen LogP contribution in [0.15, 0.2) is 47.4 Å². The molecule has 1 aliphatic carbocycles. The van der Waals surface area contributed by atoms with Gasteiger partial charge in [-0.2, -0.15) is 0 Å². The van der Waals surface area contributed by atoms with Crippen LogP contribution in [0.3, 0.4) is 0 Å². The number of pyridine rings is 1. The molecular formula is C24H31NO3. The first-order valence-electron chi connectivity index (χ1n) is 10.8. The summed E-state index contributed by atoms with van der Waals surface area (Å²) in [5.74, 6) is 1.66. The summed E-state index contributed by atoms with van der Waals surface area (Å²) in [6, 6.07) is 12.4. The lowest BCUT2D eigenvalue weighted by Crippen LogP contribution is -2.21. The van der Waals surface area contributed by atoms with Crippen molar-refractivity contribution in [3.05, 3.63) is 64.1 Å². The Hall–Kier alpha value is -2.07. The normalized spacial score (nSPS) is 19.9. The van der Waals surface area contributed by atoms with E-state index in [2.05, 4.69) is 24.3 Å². The highest BCUT2D eigenvalue weighted by molar-refractivity contribution is 5.29. The maximum absolute atomic E-state index is 12.3. The first kappa shape index (κ1) is 19.3. The van der Waals surface area contributed by atoms with E-state index in [1.807, 2.05) is 12.3 Å². The summed E-state index contributed by atoms with van der Waals surface area (Å²) in [6.45, 7) is 2.15. The molecule has 4 nitrogen and oxygen atoms in total. The van der Waals surface area contributed by atoms with Crippen molar-refractivity contribution in [2.24, 2.45) is 0 Å². The third kappa shape index (κ3) is 5.05. The molecule has 0 bridgehead atoms. The largest absolute Gasteiger partial charge is 0.494 e. The van der Waals surface area contributed by atoms with Crippen LogP contribution in [0, 0.1) is 0 Å². The molecule has 2 fully saturated rings. The fraction of sp³-hybridized carbons (Fsp3) is 0.542. The maximum Gasteiger partial charge on any atom is 0.250 e. The molecule has 4 rings (SSSR count). The van der Waals surface area contributed by atoms with Crippen molar-refractivity contribution >= 4 is 0 Å². The first-order valence-corrected chi connectivity index (χ1v) is 10.8. The smallest absolute Gasteiger partial charge is 0.250 e. The van der Waals surface area contributed by atoms with Crippen molar-refractivity contribution in [1.29, 1.82) is 0 Å². The van der Waals surface area contributed by atoms with E-state index in [1.165, 1.54) is 31.2 Å². The number of ether oxygens (including phenoxy) is 2. The zero-order valence-electron chi connectivity index (χ0n) is 16.6. The Kier molecular flexibility index (Phi) is 6.48. The van der Waals surface area contributed by atoms with E-state index in [1.54, 1.807) is 10.6 Å². The average molecular weight is 382 g/mol. The van der Waals surface area contributed by atoms with Crippen LogP contribution < -0.4 is 10.3 Å². The van der Waals surface area contributed by atoms with Crippen molar-refractivity contribution in [3.8, 4) is 5.75 Å². The standard InChI is InChI=1S/C24H31NO3/c26-24-18-19(17-23-7-3-15-28-23)12-14-25(24)13-4-16-27-22-10-8-21(9-11-22)20-5-1-2-6-20/h8-12,14,18,20,23H,1-7,13,15-17H2. The van der Waals surface area contributed by atoms with Gasteiger partial charge in [0, 0.05) is 25.4 Å². The quantitative estimate of drug-likeness (QED) is 0.623. The minimum atomic E-state index is 0.0661.